The lowest BCUT2D eigenvalue weighted by Crippen LogP contribution is -2.42. The molecule has 0 bridgehead atoms. The summed E-state index contributed by atoms with van der Waals surface area (Å²) in [4.78, 5) is 0. The summed E-state index contributed by atoms with van der Waals surface area (Å²) in [5.41, 5.74) is 0. The van der Waals surface area contributed by atoms with Crippen molar-refractivity contribution in [1.82, 2.24) is 0 Å². The molecule has 0 aromatic carbocycles. The Morgan fingerprint density at radius 1 is 1.00 bits per heavy atom. The molecule has 108 valence electrons. The number of hydrogen-bond donors (Lipinski definition) is 0. The van der Waals surface area contributed by atoms with Crippen molar-refractivity contribution in [2.24, 2.45) is 11.8 Å². The molecular formula is C16H35N2+. The molecule has 2 atom stereocenters. The van der Waals surface area contributed by atoms with E-state index in [1.807, 2.05) is 0 Å². The van der Waals surface area contributed by atoms with Gasteiger partial charge in [0.2, 0.25) is 0 Å². The van der Waals surface area contributed by atoms with Crippen molar-refractivity contribution >= 4 is 0 Å². The molecule has 0 N–H and O–H groups in total. The summed E-state index contributed by atoms with van der Waals surface area (Å²) in [5.74, 6) is 1.83. The highest BCUT2D eigenvalue weighted by molar-refractivity contribution is 4.68. The van der Waals surface area contributed by atoms with Crippen molar-refractivity contribution < 1.29 is 8.97 Å². The van der Waals surface area contributed by atoms with E-state index in [9.17, 15) is 0 Å². The van der Waals surface area contributed by atoms with E-state index in [-0.39, 0.29) is 0 Å². The molecule has 2 heteroatoms. The van der Waals surface area contributed by atoms with Gasteiger partial charge < -0.3 is 8.97 Å². The molecule has 1 rings (SSSR count). The Labute approximate surface area is 115 Å². The molecule has 18 heavy (non-hydrogen) atoms. The zero-order valence-corrected chi connectivity index (χ0v) is 13.4. The van der Waals surface area contributed by atoms with Crippen molar-refractivity contribution in [1.29, 1.82) is 0 Å². The molecular weight excluding hydrogens is 220 g/mol. The Hall–Kier alpha value is -0.0800. The maximum Gasteiger partial charge on any atom is 0.0815 e. The van der Waals surface area contributed by atoms with Gasteiger partial charge in [0.1, 0.15) is 0 Å². The maximum atomic E-state index is 4.11. The molecule has 1 heterocycles. The van der Waals surface area contributed by atoms with Crippen LogP contribution in [0, 0.1) is 18.9 Å². The number of unbranched alkanes of at least 4 members (excludes halogenated alkanes) is 3. The molecule has 0 aromatic heterocycles. The molecule has 0 spiro atoms. The summed E-state index contributed by atoms with van der Waals surface area (Å²) >= 11 is 0. The molecule has 1 saturated heterocycles. The summed E-state index contributed by atoms with van der Waals surface area (Å²) in [6, 6.07) is 0. The van der Waals surface area contributed by atoms with Crippen molar-refractivity contribution in [2.45, 2.75) is 39.5 Å². The summed E-state index contributed by atoms with van der Waals surface area (Å²) in [5, 5.41) is 0. The molecule has 2 nitrogen and oxygen atoms in total. The highest BCUT2D eigenvalue weighted by atomic mass is 15.3. The van der Waals surface area contributed by atoms with Gasteiger partial charge in [0, 0.05) is 25.9 Å². The van der Waals surface area contributed by atoms with Crippen molar-refractivity contribution in [2.75, 3.05) is 47.3 Å². The molecule has 1 aliphatic heterocycles. The normalized spacial score (nSPS) is 33.0. The van der Waals surface area contributed by atoms with E-state index < -0.39 is 0 Å². The van der Waals surface area contributed by atoms with E-state index in [0.29, 0.717) is 0 Å². The fourth-order valence-corrected chi connectivity index (χ4v) is 3.39. The van der Waals surface area contributed by atoms with Crippen LogP contribution in [-0.2, 0) is 0 Å². The van der Waals surface area contributed by atoms with Gasteiger partial charge in [-0.25, -0.2) is 0 Å². The van der Waals surface area contributed by atoms with E-state index in [1.54, 1.807) is 0 Å². The van der Waals surface area contributed by atoms with E-state index in [4.69, 9.17) is 0 Å². The Morgan fingerprint density at radius 3 is 2.00 bits per heavy atom. The number of likely N-dealkylation sites (tertiary alicyclic amines) is 1. The van der Waals surface area contributed by atoms with Crippen LogP contribution in [-0.4, -0.2) is 56.3 Å². The first-order chi connectivity index (χ1) is 8.22. The van der Waals surface area contributed by atoms with Crippen LogP contribution in [0.2, 0.25) is 0 Å². The van der Waals surface area contributed by atoms with E-state index in [2.05, 4.69) is 42.0 Å². The van der Waals surface area contributed by atoms with E-state index in [1.165, 1.54) is 56.3 Å². The third-order valence-electron chi connectivity index (χ3n) is 4.64. The van der Waals surface area contributed by atoms with Crippen molar-refractivity contribution in [3.63, 3.8) is 0 Å². The van der Waals surface area contributed by atoms with Crippen LogP contribution in [0.5, 0.6) is 0 Å². The highest BCUT2D eigenvalue weighted by Crippen LogP contribution is 2.28. The second-order valence-corrected chi connectivity index (χ2v) is 7.74. The minimum Gasteiger partial charge on any atom is -0.462 e. The zero-order valence-electron chi connectivity index (χ0n) is 13.4. The number of quaternary nitrogens is 2. The van der Waals surface area contributed by atoms with Gasteiger partial charge in [-0.2, -0.15) is 0 Å². The minimum atomic E-state index is 0.864. The molecule has 1 fully saturated rings. The summed E-state index contributed by atoms with van der Waals surface area (Å²) in [6.45, 7) is 10.2. The Bertz CT molecular complexity index is 232. The first-order valence-corrected chi connectivity index (χ1v) is 7.73. The van der Waals surface area contributed by atoms with E-state index in [0.717, 1.165) is 16.3 Å². The van der Waals surface area contributed by atoms with Gasteiger partial charge in [-0.3, -0.25) is 0 Å². The van der Waals surface area contributed by atoms with E-state index >= 15 is 0 Å². The van der Waals surface area contributed by atoms with Crippen LogP contribution in [0.4, 0.5) is 0 Å². The quantitative estimate of drug-likeness (QED) is 0.372. The first-order valence-electron chi connectivity index (χ1n) is 7.73. The largest absolute Gasteiger partial charge is 0.462 e. The first kappa shape index (κ1) is 16.0. The lowest BCUT2D eigenvalue weighted by Gasteiger charge is -2.33. The highest BCUT2D eigenvalue weighted by Gasteiger charge is 2.36. The van der Waals surface area contributed by atoms with Gasteiger partial charge in [-0.1, -0.05) is 13.8 Å². The second-order valence-electron chi connectivity index (χ2n) is 7.74. The predicted octanol–water partition coefficient (Wildman–Crippen LogP) is 3.15. The Kier molecular flexibility index (Phi) is 5.67. The average Bonchev–Trinajstić information content (AvgIpc) is 2.45. The van der Waals surface area contributed by atoms with Gasteiger partial charge in [-0.15, -0.1) is 7.05 Å². The second kappa shape index (κ2) is 6.38. The summed E-state index contributed by atoms with van der Waals surface area (Å²) in [7, 11) is 10.9. The molecule has 0 saturated carbocycles. The topological polar surface area (TPSA) is 0 Å². The van der Waals surface area contributed by atoms with Gasteiger partial charge in [0.25, 0.3) is 0 Å². The van der Waals surface area contributed by atoms with Crippen LogP contribution in [0.25, 0.3) is 0 Å². The van der Waals surface area contributed by atoms with Crippen LogP contribution in [0.3, 0.4) is 0 Å². The SMILES string of the molecule is [CH2-][N+](C)(C)CCCCCC[N+]1(C)CC(C)C(C)C1. The van der Waals surface area contributed by atoms with Crippen LogP contribution in [0.1, 0.15) is 39.5 Å². The van der Waals surface area contributed by atoms with Gasteiger partial charge in [0.15, 0.2) is 0 Å². The molecule has 1 aliphatic rings. The third-order valence-corrected chi connectivity index (χ3v) is 4.64. The van der Waals surface area contributed by atoms with Gasteiger partial charge >= 0.3 is 0 Å². The number of rotatable bonds is 7. The monoisotopic (exact) mass is 255 g/mol. The minimum absolute atomic E-state index is 0.864. The lowest BCUT2D eigenvalue weighted by molar-refractivity contribution is -0.900. The van der Waals surface area contributed by atoms with Gasteiger partial charge in [-0.05, 0) is 25.7 Å². The lowest BCUT2D eigenvalue weighted by atomic mass is 10.0. The molecule has 0 aromatic rings. The summed E-state index contributed by atoms with van der Waals surface area (Å²) < 4.78 is 2.18. The fraction of sp³-hybridized carbons (Fsp3) is 0.938. The zero-order chi connectivity index (χ0) is 13.8. The maximum absolute atomic E-state index is 4.11. The van der Waals surface area contributed by atoms with Crippen LogP contribution in [0.15, 0.2) is 0 Å². The number of hydrogen-bond acceptors (Lipinski definition) is 0. The Balaban J connectivity index is 2.08. The average molecular weight is 255 g/mol. The smallest absolute Gasteiger partial charge is 0.0815 e. The molecule has 0 amide bonds. The molecule has 2 unspecified atom stereocenters. The molecule has 0 radical (unpaired) electrons. The fourth-order valence-electron chi connectivity index (χ4n) is 3.39. The van der Waals surface area contributed by atoms with Crippen LogP contribution < -0.4 is 0 Å². The summed E-state index contributed by atoms with van der Waals surface area (Å²) in [6.07, 6.45) is 5.51. The van der Waals surface area contributed by atoms with Crippen molar-refractivity contribution in [3.8, 4) is 0 Å². The molecule has 0 aliphatic carbocycles. The third kappa shape index (κ3) is 5.71. The van der Waals surface area contributed by atoms with Crippen molar-refractivity contribution in [3.05, 3.63) is 7.05 Å². The number of nitrogens with zero attached hydrogens (tertiary/aromatic N) is 2. The van der Waals surface area contributed by atoms with Crippen LogP contribution >= 0.6 is 0 Å². The standard InChI is InChI=1S/C16H35N2/c1-15-13-18(6,14-16(15)2)12-10-8-7-9-11-17(3,4)5/h15-16H,3,7-14H2,1-2,4-6H3/q+1. The predicted molar refractivity (Wildman–Crippen MR) is 79.9 cm³/mol. The van der Waals surface area contributed by atoms with Gasteiger partial charge in [0.05, 0.1) is 33.2 Å². The Morgan fingerprint density at radius 2 is 1.50 bits per heavy atom.